The number of urea groups is 1. The van der Waals surface area contributed by atoms with Crippen LogP contribution in [0.3, 0.4) is 0 Å². The molecule has 10 heavy (non-hydrogen) atoms. The second kappa shape index (κ2) is 5.54. The van der Waals surface area contributed by atoms with E-state index in [0.29, 0.717) is 0 Å². The molecule has 2 amide bonds. The van der Waals surface area contributed by atoms with Crippen LogP contribution in [0.15, 0.2) is 0 Å². The van der Waals surface area contributed by atoms with Gasteiger partial charge in [0.25, 0.3) is 0 Å². The molecule has 2 N–H and O–H groups in total. The van der Waals surface area contributed by atoms with E-state index in [1.54, 1.807) is 4.90 Å². The van der Waals surface area contributed by atoms with Gasteiger partial charge >= 0.3 is 6.03 Å². The number of nitrogens with zero attached hydrogens (tertiary/aromatic N) is 1. The number of primary amides is 1. The molecule has 0 spiro atoms. The number of amides is 2. The molecule has 0 atom stereocenters. The SMILES string of the molecule is NC(=O)N1CCCCC1.[K]. The molecule has 1 aliphatic heterocycles. The van der Waals surface area contributed by atoms with E-state index in [-0.39, 0.29) is 57.4 Å². The number of piperidine rings is 1. The summed E-state index contributed by atoms with van der Waals surface area (Å²) in [5.74, 6) is 0. The normalized spacial score (nSPS) is 17.8. The van der Waals surface area contributed by atoms with Crippen molar-refractivity contribution in [2.75, 3.05) is 13.1 Å². The smallest absolute Gasteiger partial charge is 0.314 e. The Labute approximate surface area is 104 Å². The average Bonchev–Trinajstić information content (AvgIpc) is 1.90. The molecule has 0 aromatic heterocycles. The molecule has 1 heterocycles. The maximum atomic E-state index is 10.5. The average molecular weight is 167 g/mol. The van der Waals surface area contributed by atoms with Gasteiger partial charge in [-0.3, -0.25) is 0 Å². The Hall–Kier alpha value is 0.906. The Morgan fingerprint density at radius 2 is 1.70 bits per heavy atom. The van der Waals surface area contributed by atoms with Crippen molar-refractivity contribution in [3.8, 4) is 0 Å². The fraction of sp³-hybridized carbons (Fsp3) is 0.833. The number of carbonyl (C=O) groups is 1. The zero-order valence-electron chi connectivity index (χ0n) is 6.47. The minimum absolute atomic E-state index is 0. The summed E-state index contributed by atoms with van der Waals surface area (Å²) < 4.78 is 0. The van der Waals surface area contributed by atoms with Crippen molar-refractivity contribution in [1.29, 1.82) is 0 Å². The number of nitrogens with two attached hydrogens (primary N) is 1. The molecule has 0 aromatic rings. The van der Waals surface area contributed by atoms with Crippen molar-refractivity contribution in [3.63, 3.8) is 0 Å². The molecule has 1 fully saturated rings. The molecule has 1 rings (SSSR count). The van der Waals surface area contributed by atoms with Crippen molar-refractivity contribution < 1.29 is 4.79 Å². The van der Waals surface area contributed by atoms with Crippen molar-refractivity contribution >= 4 is 57.4 Å². The Morgan fingerprint density at radius 3 is 2.00 bits per heavy atom. The van der Waals surface area contributed by atoms with Gasteiger partial charge in [-0.25, -0.2) is 4.79 Å². The molecule has 1 radical (unpaired) electrons. The van der Waals surface area contributed by atoms with Gasteiger partial charge < -0.3 is 10.6 Å². The zero-order chi connectivity index (χ0) is 6.69. The summed E-state index contributed by atoms with van der Waals surface area (Å²) in [4.78, 5) is 12.2. The summed E-state index contributed by atoms with van der Waals surface area (Å²) in [6.45, 7) is 1.71. The fourth-order valence-electron chi connectivity index (χ4n) is 1.11. The summed E-state index contributed by atoms with van der Waals surface area (Å²) in [6, 6.07) is -0.269. The molecular weight excluding hydrogens is 155 g/mol. The molecule has 0 saturated carbocycles. The van der Waals surface area contributed by atoms with E-state index in [0.717, 1.165) is 25.9 Å². The first-order chi connectivity index (χ1) is 4.30. The van der Waals surface area contributed by atoms with Gasteiger partial charge in [0.2, 0.25) is 0 Å². The van der Waals surface area contributed by atoms with Gasteiger partial charge in [-0.05, 0) is 19.3 Å². The summed E-state index contributed by atoms with van der Waals surface area (Å²) >= 11 is 0. The van der Waals surface area contributed by atoms with Crippen LogP contribution in [-0.4, -0.2) is 75.4 Å². The third-order valence-electron chi connectivity index (χ3n) is 1.67. The van der Waals surface area contributed by atoms with Crippen molar-refractivity contribution in [3.05, 3.63) is 0 Å². The first-order valence-electron chi connectivity index (χ1n) is 3.35. The van der Waals surface area contributed by atoms with Crippen LogP contribution in [0.5, 0.6) is 0 Å². The third kappa shape index (κ3) is 3.34. The molecular formula is C6H12KN2O. The zero-order valence-corrected chi connectivity index (χ0v) is 9.59. The van der Waals surface area contributed by atoms with Crippen LogP contribution < -0.4 is 5.73 Å². The second-order valence-electron chi connectivity index (χ2n) is 2.39. The molecule has 4 heteroatoms. The molecule has 3 nitrogen and oxygen atoms in total. The summed E-state index contributed by atoms with van der Waals surface area (Å²) in [5.41, 5.74) is 5.05. The van der Waals surface area contributed by atoms with E-state index in [2.05, 4.69) is 0 Å². The summed E-state index contributed by atoms with van der Waals surface area (Å²) in [5, 5.41) is 0. The Balaban J connectivity index is 0.000000810. The molecule has 0 aromatic carbocycles. The second-order valence-corrected chi connectivity index (χ2v) is 2.39. The van der Waals surface area contributed by atoms with Gasteiger partial charge in [0.1, 0.15) is 0 Å². The summed E-state index contributed by atoms with van der Waals surface area (Å²) in [6.07, 6.45) is 3.47. The predicted octanol–water partition coefficient (Wildman–Crippen LogP) is 0.170. The van der Waals surface area contributed by atoms with Crippen LogP contribution >= 0.6 is 0 Å². The minimum Gasteiger partial charge on any atom is -0.351 e. The largest absolute Gasteiger partial charge is 0.351 e. The van der Waals surface area contributed by atoms with Crippen LogP contribution in [0.2, 0.25) is 0 Å². The van der Waals surface area contributed by atoms with E-state index in [9.17, 15) is 4.79 Å². The van der Waals surface area contributed by atoms with Gasteiger partial charge in [-0.1, -0.05) is 0 Å². The van der Waals surface area contributed by atoms with Crippen LogP contribution in [0.1, 0.15) is 19.3 Å². The van der Waals surface area contributed by atoms with E-state index in [1.165, 1.54) is 6.42 Å². The first-order valence-corrected chi connectivity index (χ1v) is 3.35. The minimum atomic E-state index is -0.269. The maximum Gasteiger partial charge on any atom is 0.314 e. The Bertz CT molecular complexity index is 112. The van der Waals surface area contributed by atoms with Gasteiger partial charge in [0.05, 0.1) is 0 Å². The van der Waals surface area contributed by atoms with E-state index in [1.807, 2.05) is 0 Å². The standard InChI is InChI=1S/C6H12N2O.K/c7-6(9)8-4-2-1-3-5-8;/h1-5H2,(H2,7,9);. The quantitative estimate of drug-likeness (QED) is 0.514. The van der Waals surface area contributed by atoms with E-state index < -0.39 is 0 Å². The maximum absolute atomic E-state index is 10.5. The number of carbonyl (C=O) groups excluding carboxylic acids is 1. The Morgan fingerprint density at radius 1 is 1.20 bits per heavy atom. The van der Waals surface area contributed by atoms with Crippen LogP contribution in [0.4, 0.5) is 4.79 Å². The van der Waals surface area contributed by atoms with Gasteiger partial charge in [-0.2, -0.15) is 0 Å². The van der Waals surface area contributed by atoms with Gasteiger partial charge in [0, 0.05) is 64.5 Å². The molecule has 0 aliphatic carbocycles. The van der Waals surface area contributed by atoms with Crippen LogP contribution in [-0.2, 0) is 0 Å². The van der Waals surface area contributed by atoms with Gasteiger partial charge in [0.15, 0.2) is 0 Å². The Kier molecular flexibility index (Phi) is 6.05. The van der Waals surface area contributed by atoms with Crippen LogP contribution in [0, 0.1) is 0 Å². The number of hydrogen-bond acceptors (Lipinski definition) is 1. The topological polar surface area (TPSA) is 46.3 Å². The van der Waals surface area contributed by atoms with Gasteiger partial charge in [-0.15, -0.1) is 0 Å². The van der Waals surface area contributed by atoms with E-state index in [4.69, 9.17) is 5.73 Å². The molecule has 1 aliphatic rings. The fourth-order valence-corrected chi connectivity index (χ4v) is 1.11. The molecule has 0 unspecified atom stereocenters. The van der Waals surface area contributed by atoms with Crippen molar-refractivity contribution in [1.82, 2.24) is 4.90 Å². The monoisotopic (exact) mass is 167 g/mol. The summed E-state index contributed by atoms with van der Waals surface area (Å²) in [7, 11) is 0. The van der Waals surface area contributed by atoms with Crippen molar-refractivity contribution in [2.45, 2.75) is 19.3 Å². The predicted molar refractivity (Wildman–Crippen MR) is 40.8 cm³/mol. The molecule has 53 valence electrons. The van der Waals surface area contributed by atoms with Crippen molar-refractivity contribution in [2.24, 2.45) is 5.73 Å². The molecule has 1 saturated heterocycles. The van der Waals surface area contributed by atoms with E-state index >= 15 is 0 Å². The number of hydrogen-bond donors (Lipinski definition) is 1. The first kappa shape index (κ1) is 10.9. The number of likely N-dealkylation sites (tertiary alicyclic amines) is 1. The van der Waals surface area contributed by atoms with Crippen LogP contribution in [0.25, 0.3) is 0 Å². The third-order valence-corrected chi connectivity index (χ3v) is 1.67. The number of rotatable bonds is 0. The molecule has 0 bridgehead atoms.